The maximum absolute atomic E-state index is 4.78. The van der Waals surface area contributed by atoms with Crippen molar-refractivity contribution in [3.05, 3.63) is 7.05 Å². The Morgan fingerprint density at radius 1 is 1.25 bits per heavy atom. The Bertz CT molecular complexity index is 43.7. The SMILES string of the molecule is [CH2]N(OCC)OCC. The Labute approximate surface area is 50.1 Å². The third-order valence-electron chi connectivity index (χ3n) is 0.546. The minimum atomic E-state index is 0.587. The van der Waals surface area contributed by atoms with Crippen LogP contribution in [0.4, 0.5) is 0 Å². The molecule has 0 bridgehead atoms. The molecule has 0 aliphatic rings. The second-order valence-corrected chi connectivity index (χ2v) is 1.17. The van der Waals surface area contributed by atoms with Crippen molar-refractivity contribution in [1.29, 1.82) is 0 Å². The van der Waals surface area contributed by atoms with Crippen LogP contribution in [0.25, 0.3) is 0 Å². The Morgan fingerprint density at radius 2 is 1.62 bits per heavy atom. The van der Waals surface area contributed by atoms with Crippen molar-refractivity contribution in [2.45, 2.75) is 13.8 Å². The van der Waals surface area contributed by atoms with E-state index in [0.29, 0.717) is 13.2 Å². The highest BCUT2D eigenvalue weighted by Crippen LogP contribution is 1.86. The quantitative estimate of drug-likeness (QED) is 0.514. The van der Waals surface area contributed by atoms with E-state index in [4.69, 9.17) is 9.68 Å². The first-order valence-electron chi connectivity index (χ1n) is 2.67. The van der Waals surface area contributed by atoms with Crippen molar-refractivity contribution < 1.29 is 9.68 Å². The summed E-state index contributed by atoms with van der Waals surface area (Å²) in [7, 11) is 3.41. The van der Waals surface area contributed by atoms with E-state index in [1.165, 1.54) is 0 Å². The molecule has 3 heteroatoms. The molecule has 0 aliphatic carbocycles. The van der Waals surface area contributed by atoms with Crippen LogP contribution in [0.1, 0.15) is 13.8 Å². The monoisotopic (exact) mass is 118 g/mol. The molecule has 1 radical (unpaired) electrons. The summed E-state index contributed by atoms with van der Waals surface area (Å²) in [5.74, 6) is 0. The van der Waals surface area contributed by atoms with Gasteiger partial charge >= 0.3 is 0 Å². The zero-order chi connectivity index (χ0) is 6.41. The molecule has 0 heterocycles. The summed E-state index contributed by atoms with van der Waals surface area (Å²) in [6.45, 7) is 4.92. The van der Waals surface area contributed by atoms with Gasteiger partial charge in [-0.25, -0.2) is 0 Å². The molecule has 0 aliphatic heterocycles. The molecule has 0 fully saturated rings. The first-order chi connectivity index (χ1) is 3.81. The van der Waals surface area contributed by atoms with Crippen molar-refractivity contribution in [1.82, 2.24) is 5.23 Å². The lowest BCUT2D eigenvalue weighted by molar-refractivity contribution is -0.335. The summed E-state index contributed by atoms with van der Waals surface area (Å²) < 4.78 is 0. The lowest BCUT2D eigenvalue weighted by Crippen LogP contribution is -2.16. The van der Waals surface area contributed by atoms with Crippen LogP contribution < -0.4 is 0 Å². The van der Waals surface area contributed by atoms with E-state index in [0.717, 1.165) is 5.23 Å². The average Bonchev–Trinajstić information content (AvgIpc) is 1.68. The number of nitrogens with zero attached hydrogens (tertiary/aromatic N) is 1. The van der Waals surface area contributed by atoms with Gasteiger partial charge in [-0.1, -0.05) is 5.23 Å². The summed E-state index contributed by atoms with van der Waals surface area (Å²) in [4.78, 5) is 9.56. The first kappa shape index (κ1) is 7.88. The summed E-state index contributed by atoms with van der Waals surface area (Å²) in [6.07, 6.45) is 0. The van der Waals surface area contributed by atoms with E-state index >= 15 is 0 Å². The van der Waals surface area contributed by atoms with Crippen LogP contribution in [0.5, 0.6) is 0 Å². The Kier molecular flexibility index (Phi) is 4.95. The van der Waals surface area contributed by atoms with E-state index in [1.807, 2.05) is 13.8 Å². The highest BCUT2D eigenvalue weighted by molar-refractivity contribution is 4.13. The smallest absolute Gasteiger partial charge is 0.0692 e. The molecule has 0 N–H and O–H groups in total. The van der Waals surface area contributed by atoms with Gasteiger partial charge in [-0.05, 0) is 13.8 Å². The number of hydroxylamine groups is 2. The molecule has 3 nitrogen and oxygen atoms in total. The van der Waals surface area contributed by atoms with Crippen LogP contribution in [0.3, 0.4) is 0 Å². The zero-order valence-corrected chi connectivity index (χ0v) is 5.39. The third-order valence-corrected chi connectivity index (χ3v) is 0.546. The molecule has 8 heavy (non-hydrogen) atoms. The van der Waals surface area contributed by atoms with Crippen LogP contribution in [0.15, 0.2) is 0 Å². The van der Waals surface area contributed by atoms with Gasteiger partial charge in [-0.15, -0.1) is 0 Å². The van der Waals surface area contributed by atoms with Crippen LogP contribution in [0.2, 0.25) is 0 Å². The van der Waals surface area contributed by atoms with E-state index in [9.17, 15) is 0 Å². The summed E-state index contributed by atoms with van der Waals surface area (Å²) in [5.41, 5.74) is 0. The van der Waals surface area contributed by atoms with Gasteiger partial charge in [0, 0.05) is 0 Å². The fourth-order valence-electron chi connectivity index (χ4n) is 0.325. The average molecular weight is 118 g/mol. The van der Waals surface area contributed by atoms with Gasteiger partial charge in [-0.2, -0.15) is 0 Å². The Hall–Kier alpha value is -0.120. The molecule has 0 spiro atoms. The second kappa shape index (κ2) is 5.03. The highest BCUT2D eigenvalue weighted by atomic mass is 16.9. The van der Waals surface area contributed by atoms with Crippen LogP contribution in [-0.4, -0.2) is 18.4 Å². The van der Waals surface area contributed by atoms with Gasteiger partial charge in [0.15, 0.2) is 0 Å². The molecule has 0 saturated carbocycles. The van der Waals surface area contributed by atoms with Gasteiger partial charge in [0.1, 0.15) is 0 Å². The van der Waals surface area contributed by atoms with Crippen molar-refractivity contribution in [2.75, 3.05) is 13.2 Å². The number of rotatable bonds is 4. The maximum Gasteiger partial charge on any atom is 0.0692 e. The largest absolute Gasteiger partial charge is 0.274 e. The van der Waals surface area contributed by atoms with E-state index in [2.05, 4.69) is 7.05 Å². The minimum Gasteiger partial charge on any atom is -0.274 e. The van der Waals surface area contributed by atoms with Crippen LogP contribution in [0, 0.1) is 7.05 Å². The fourth-order valence-corrected chi connectivity index (χ4v) is 0.325. The van der Waals surface area contributed by atoms with Crippen LogP contribution >= 0.6 is 0 Å². The molecule has 0 saturated heterocycles. The van der Waals surface area contributed by atoms with Crippen molar-refractivity contribution in [3.8, 4) is 0 Å². The highest BCUT2D eigenvalue weighted by Gasteiger charge is 1.90. The topological polar surface area (TPSA) is 21.7 Å². The third kappa shape index (κ3) is 4.05. The van der Waals surface area contributed by atoms with E-state index < -0.39 is 0 Å². The molecule has 0 aromatic heterocycles. The number of hydrogen-bond donors (Lipinski definition) is 0. The maximum atomic E-state index is 4.78. The van der Waals surface area contributed by atoms with Crippen LogP contribution in [-0.2, 0) is 9.68 Å². The van der Waals surface area contributed by atoms with Gasteiger partial charge in [0.05, 0.1) is 20.3 Å². The second-order valence-electron chi connectivity index (χ2n) is 1.17. The molecular formula is C5H12NO2. The molecule has 0 amide bonds. The van der Waals surface area contributed by atoms with Gasteiger partial charge in [0.25, 0.3) is 0 Å². The standard InChI is InChI=1S/C5H12NO2/c1-4-7-6(3)8-5-2/h3-5H2,1-2H3. The Balaban J connectivity index is 2.92. The van der Waals surface area contributed by atoms with E-state index in [-0.39, 0.29) is 0 Å². The summed E-state index contributed by atoms with van der Waals surface area (Å²) >= 11 is 0. The Morgan fingerprint density at radius 3 is 1.88 bits per heavy atom. The molecule has 0 rings (SSSR count). The van der Waals surface area contributed by atoms with Crippen molar-refractivity contribution in [3.63, 3.8) is 0 Å². The van der Waals surface area contributed by atoms with E-state index in [1.54, 1.807) is 0 Å². The van der Waals surface area contributed by atoms with Crippen molar-refractivity contribution in [2.24, 2.45) is 0 Å². The van der Waals surface area contributed by atoms with Crippen molar-refractivity contribution >= 4 is 0 Å². The van der Waals surface area contributed by atoms with Gasteiger partial charge < -0.3 is 0 Å². The summed E-state index contributed by atoms with van der Waals surface area (Å²) in [5, 5.41) is 1.11. The predicted octanol–water partition coefficient (Wildman–Crippen LogP) is 0.983. The van der Waals surface area contributed by atoms with Gasteiger partial charge in [0.2, 0.25) is 0 Å². The molecular weight excluding hydrogens is 106 g/mol. The first-order valence-corrected chi connectivity index (χ1v) is 2.67. The lowest BCUT2D eigenvalue weighted by Gasteiger charge is -2.12. The normalized spacial score (nSPS) is 10.5. The fraction of sp³-hybridized carbons (Fsp3) is 0.800. The molecule has 0 aromatic rings. The van der Waals surface area contributed by atoms with Gasteiger partial charge in [-0.3, -0.25) is 9.68 Å². The molecule has 0 unspecified atom stereocenters. The zero-order valence-electron chi connectivity index (χ0n) is 5.39. The molecule has 0 aromatic carbocycles. The molecule has 0 atom stereocenters. The minimum absolute atomic E-state index is 0.587. The summed E-state index contributed by atoms with van der Waals surface area (Å²) in [6, 6.07) is 0. The molecule has 49 valence electrons. The number of hydrogen-bond acceptors (Lipinski definition) is 3. The lowest BCUT2D eigenvalue weighted by atomic mass is 10.9. The predicted molar refractivity (Wildman–Crippen MR) is 30.4 cm³/mol.